The van der Waals surface area contributed by atoms with Crippen LogP contribution in [0.4, 0.5) is 0 Å². The number of hydrogen-bond acceptors (Lipinski definition) is 4. The lowest BCUT2D eigenvalue weighted by Crippen LogP contribution is -2.36. The minimum atomic E-state index is -0.691. The van der Waals surface area contributed by atoms with Gasteiger partial charge in [0, 0.05) is 6.54 Å². The lowest BCUT2D eigenvalue weighted by atomic mass is 9.97. The first-order valence-electron chi connectivity index (χ1n) is 8.12. The second-order valence-electron chi connectivity index (χ2n) is 6.34. The van der Waals surface area contributed by atoms with Crippen molar-refractivity contribution in [2.75, 3.05) is 13.1 Å². The van der Waals surface area contributed by atoms with Crippen LogP contribution < -0.4 is 0 Å². The number of carboxylic acids is 1. The number of aliphatic carboxylic acids is 1. The molecule has 0 unspecified atom stereocenters. The van der Waals surface area contributed by atoms with Gasteiger partial charge in [-0.2, -0.15) is 0 Å². The van der Waals surface area contributed by atoms with E-state index >= 15 is 0 Å². The fourth-order valence-electron chi connectivity index (χ4n) is 3.13. The normalized spacial score (nSPS) is 16.5. The Hall–Kier alpha value is -1.85. The molecule has 1 aliphatic heterocycles. The number of carboxylic acid groups (broad SMARTS) is 1. The molecule has 1 fully saturated rings. The van der Waals surface area contributed by atoms with Crippen molar-refractivity contribution in [3.05, 3.63) is 40.2 Å². The van der Waals surface area contributed by atoms with E-state index in [4.69, 9.17) is 21.1 Å². The average molecular weight is 349 g/mol. The molecule has 0 spiro atoms. The largest absolute Gasteiger partial charge is 0.481 e. The Morgan fingerprint density at radius 2 is 2.08 bits per heavy atom. The Morgan fingerprint density at radius 3 is 2.71 bits per heavy atom. The molecule has 1 N–H and O–H groups in total. The predicted molar refractivity (Wildman–Crippen MR) is 92.1 cm³/mol. The van der Waals surface area contributed by atoms with Gasteiger partial charge in [-0.25, -0.2) is 4.98 Å². The zero-order valence-electron chi connectivity index (χ0n) is 13.9. The van der Waals surface area contributed by atoms with E-state index in [0.717, 1.165) is 35.7 Å². The highest BCUT2D eigenvalue weighted by Crippen LogP contribution is 2.32. The van der Waals surface area contributed by atoms with Gasteiger partial charge < -0.3 is 9.52 Å². The Morgan fingerprint density at radius 1 is 1.38 bits per heavy atom. The molecular weight excluding hydrogens is 328 g/mol. The zero-order chi connectivity index (χ0) is 17.3. The SMILES string of the molecule is Cc1cccc(Cl)c1-c1nc(CN2CCC(C(=O)O)CC2)c(C)o1. The highest BCUT2D eigenvalue weighted by molar-refractivity contribution is 6.33. The topological polar surface area (TPSA) is 66.6 Å². The summed E-state index contributed by atoms with van der Waals surface area (Å²) >= 11 is 6.30. The molecule has 3 rings (SSSR count). The molecule has 24 heavy (non-hydrogen) atoms. The van der Waals surface area contributed by atoms with Gasteiger partial charge in [0.25, 0.3) is 0 Å². The number of halogens is 1. The van der Waals surface area contributed by atoms with E-state index in [2.05, 4.69) is 9.88 Å². The maximum atomic E-state index is 11.0. The lowest BCUT2D eigenvalue weighted by molar-refractivity contribution is -0.143. The van der Waals surface area contributed by atoms with E-state index in [-0.39, 0.29) is 5.92 Å². The first-order chi connectivity index (χ1) is 11.5. The molecule has 0 amide bonds. The maximum absolute atomic E-state index is 11.0. The van der Waals surface area contributed by atoms with Gasteiger partial charge in [0.15, 0.2) is 0 Å². The van der Waals surface area contributed by atoms with E-state index in [1.54, 1.807) is 0 Å². The predicted octanol–water partition coefficient (Wildman–Crippen LogP) is 3.91. The Kier molecular flexibility index (Phi) is 4.92. The molecule has 0 aliphatic carbocycles. The smallest absolute Gasteiger partial charge is 0.306 e. The number of piperidine rings is 1. The molecule has 5 nitrogen and oxygen atoms in total. The van der Waals surface area contributed by atoms with Crippen molar-refractivity contribution in [1.82, 2.24) is 9.88 Å². The molecule has 1 aromatic heterocycles. The molecule has 0 radical (unpaired) electrons. The van der Waals surface area contributed by atoms with Crippen LogP contribution >= 0.6 is 11.6 Å². The van der Waals surface area contributed by atoms with Gasteiger partial charge in [-0.05, 0) is 51.4 Å². The molecule has 128 valence electrons. The van der Waals surface area contributed by atoms with Gasteiger partial charge in [-0.1, -0.05) is 23.7 Å². The molecule has 2 heterocycles. The summed E-state index contributed by atoms with van der Waals surface area (Å²) in [6.07, 6.45) is 1.37. The average Bonchev–Trinajstić information content (AvgIpc) is 2.88. The summed E-state index contributed by atoms with van der Waals surface area (Å²) in [5, 5.41) is 9.71. The number of rotatable bonds is 4. The molecule has 2 aromatic rings. The van der Waals surface area contributed by atoms with Crippen LogP contribution in [-0.2, 0) is 11.3 Å². The van der Waals surface area contributed by atoms with Gasteiger partial charge in [-0.3, -0.25) is 9.69 Å². The van der Waals surface area contributed by atoms with Crippen molar-refractivity contribution < 1.29 is 14.3 Å². The second kappa shape index (κ2) is 6.95. The number of nitrogens with zero attached hydrogens (tertiary/aromatic N) is 2. The Bertz CT molecular complexity index is 728. The molecule has 0 saturated carbocycles. The first-order valence-corrected chi connectivity index (χ1v) is 8.50. The standard InChI is InChI=1S/C18H21ClN2O3/c1-11-4-3-5-14(19)16(11)17-20-15(12(2)24-17)10-21-8-6-13(7-9-21)18(22)23/h3-5,13H,6-10H2,1-2H3,(H,22,23). The van der Waals surface area contributed by atoms with Crippen LogP contribution in [0.1, 0.15) is 29.9 Å². The first kappa shape index (κ1) is 17.0. The van der Waals surface area contributed by atoms with E-state index < -0.39 is 5.97 Å². The maximum Gasteiger partial charge on any atom is 0.306 e. The fraction of sp³-hybridized carbons (Fsp3) is 0.444. The van der Waals surface area contributed by atoms with Gasteiger partial charge in [0.1, 0.15) is 5.76 Å². The van der Waals surface area contributed by atoms with Crippen LogP contribution in [0.5, 0.6) is 0 Å². The molecule has 1 aromatic carbocycles. The number of benzene rings is 1. The van der Waals surface area contributed by atoms with Crippen LogP contribution in [0.2, 0.25) is 5.02 Å². The highest BCUT2D eigenvalue weighted by atomic mass is 35.5. The number of oxazole rings is 1. The highest BCUT2D eigenvalue weighted by Gasteiger charge is 2.25. The minimum absolute atomic E-state index is 0.221. The summed E-state index contributed by atoms with van der Waals surface area (Å²) in [5.74, 6) is 0.417. The summed E-state index contributed by atoms with van der Waals surface area (Å²) in [7, 11) is 0. The summed E-state index contributed by atoms with van der Waals surface area (Å²) in [6.45, 7) is 6.09. The third-order valence-corrected chi connectivity index (χ3v) is 4.95. The Labute approximate surface area is 146 Å². The van der Waals surface area contributed by atoms with Crippen molar-refractivity contribution in [1.29, 1.82) is 0 Å². The van der Waals surface area contributed by atoms with Crippen LogP contribution in [0.3, 0.4) is 0 Å². The third kappa shape index (κ3) is 3.47. The van der Waals surface area contributed by atoms with Gasteiger partial charge in [-0.15, -0.1) is 0 Å². The van der Waals surface area contributed by atoms with Gasteiger partial charge in [0.05, 0.1) is 22.2 Å². The number of aromatic nitrogens is 1. The third-order valence-electron chi connectivity index (χ3n) is 4.64. The molecule has 6 heteroatoms. The summed E-state index contributed by atoms with van der Waals surface area (Å²) in [4.78, 5) is 17.9. The van der Waals surface area contributed by atoms with Crippen LogP contribution in [0.15, 0.2) is 22.6 Å². The monoisotopic (exact) mass is 348 g/mol. The van der Waals surface area contributed by atoms with Gasteiger partial charge in [0.2, 0.25) is 5.89 Å². The molecular formula is C18H21ClN2O3. The fourth-order valence-corrected chi connectivity index (χ4v) is 3.44. The molecule has 1 saturated heterocycles. The number of aryl methyl sites for hydroxylation is 2. The summed E-state index contributed by atoms with van der Waals surface area (Å²) < 4.78 is 5.85. The van der Waals surface area contributed by atoms with Crippen molar-refractivity contribution in [3.8, 4) is 11.5 Å². The van der Waals surface area contributed by atoms with Crippen molar-refractivity contribution >= 4 is 17.6 Å². The van der Waals surface area contributed by atoms with E-state index in [0.29, 0.717) is 30.3 Å². The van der Waals surface area contributed by atoms with Crippen molar-refractivity contribution in [3.63, 3.8) is 0 Å². The van der Waals surface area contributed by atoms with Crippen molar-refractivity contribution in [2.45, 2.75) is 33.2 Å². The molecule has 0 bridgehead atoms. The number of carbonyl (C=O) groups is 1. The number of hydrogen-bond donors (Lipinski definition) is 1. The van der Waals surface area contributed by atoms with Crippen LogP contribution in [0, 0.1) is 19.8 Å². The van der Waals surface area contributed by atoms with E-state index in [9.17, 15) is 4.79 Å². The van der Waals surface area contributed by atoms with E-state index in [1.807, 2.05) is 32.0 Å². The van der Waals surface area contributed by atoms with Crippen molar-refractivity contribution in [2.24, 2.45) is 5.92 Å². The second-order valence-corrected chi connectivity index (χ2v) is 6.75. The lowest BCUT2D eigenvalue weighted by Gasteiger charge is -2.29. The minimum Gasteiger partial charge on any atom is -0.481 e. The summed E-state index contributed by atoms with van der Waals surface area (Å²) in [6, 6.07) is 5.72. The number of likely N-dealkylation sites (tertiary alicyclic amines) is 1. The van der Waals surface area contributed by atoms with Crippen LogP contribution in [0.25, 0.3) is 11.5 Å². The van der Waals surface area contributed by atoms with Gasteiger partial charge >= 0.3 is 5.97 Å². The molecule has 0 atom stereocenters. The quantitative estimate of drug-likeness (QED) is 0.907. The van der Waals surface area contributed by atoms with Crippen LogP contribution in [-0.4, -0.2) is 34.0 Å². The van der Waals surface area contributed by atoms with E-state index in [1.165, 1.54) is 0 Å². The Balaban J connectivity index is 1.75. The summed E-state index contributed by atoms with van der Waals surface area (Å²) in [5.41, 5.74) is 2.74. The zero-order valence-corrected chi connectivity index (χ0v) is 14.6. The molecule has 1 aliphatic rings.